The third kappa shape index (κ3) is 127. The number of carbonyl (C=O) groups is 1. The van der Waals surface area contributed by atoms with E-state index in [1.165, 1.54) is 8.95 Å². The van der Waals surface area contributed by atoms with Gasteiger partial charge in [-0.3, -0.25) is 0 Å². The van der Waals surface area contributed by atoms with Gasteiger partial charge in [-0.1, -0.05) is 0 Å². The van der Waals surface area contributed by atoms with Gasteiger partial charge in [-0.25, -0.2) is 0 Å². The normalized spacial score (nSPS) is 5.44. The molecule has 52 valence electrons. The van der Waals surface area contributed by atoms with Crippen LogP contribution >= 0.6 is 0 Å². The molecule has 0 spiro atoms. The molecule has 4 nitrogen and oxygen atoms in total. The van der Waals surface area contributed by atoms with Crippen LogP contribution in [0, 0.1) is 0 Å². The van der Waals surface area contributed by atoms with Crippen LogP contribution in [-0.4, -0.2) is 14.9 Å². The molecule has 0 aromatic heterocycles. The summed E-state index contributed by atoms with van der Waals surface area (Å²) in [7, 11) is 0. The zero-order chi connectivity index (χ0) is 7.70. The molecule has 0 fully saturated rings. The first-order valence-corrected chi connectivity index (χ1v) is 3.29. The zero-order valence-corrected chi connectivity index (χ0v) is 6.11. The van der Waals surface area contributed by atoms with E-state index in [0.29, 0.717) is 0 Å². The molecule has 0 bridgehead atoms. The molecule has 0 unspecified atom stereocenters. The number of rotatable bonds is 0. The molecule has 0 rings (SSSR count). The van der Waals surface area contributed by atoms with Crippen LogP contribution in [0.3, 0.4) is 0 Å². The van der Waals surface area contributed by atoms with Crippen LogP contribution in [-0.2, 0) is 30.6 Å². The second-order valence-corrected chi connectivity index (χ2v) is 1.79. The number of carboxylic acids is 1. The Morgan fingerprint density at radius 2 is 1.67 bits per heavy atom. The Morgan fingerprint density at radius 1 is 1.44 bits per heavy atom. The first-order valence-electron chi connectivity index (χ1n) is 1.65. The molecule has 0 amide bonds. The van der Waals surface area contributed by atoms with Gasteiger partial charge in [0.1, 0.15) is 0 Å². The molecule has 0 aliphatic heterocycles. The standard InChI is InChI=1S/C2H4O2.2CO.Rh/c1-2(3)4;2*1-2;/h1H3,(H,3,4);;;/q;;;+1/p-1. The molecule has 0 N–H and O–H groups in total. The van der Waals surface area contributed by atoms with Crippen LogP contribution in [0.5, 0.6) is 0 Å². The van der Waals surface area contributed by atoms with Gasteiger partial charge in [0.05, 0.1) is 0 Å². The maximum atomic E-state index is 9.05. The number of carbonyl (C=O) groups excluding carboxylic acids is 3. The second kappa shape index (κ2) is 10.3. The van der Waals surface area contributed by atoms with E-state index in [9.17, 15) is 0 Å². The summed E-state index contributed by atoms with van der Waals surface area (Å²) in [4.78, 5) is 27.0. The summed E-state index contributed by atoms with van der Waals surface area (Å²) >= 11 is -0.704. The van der Waals surface area contributed by atoms with E-state index in [2.05, 4.69) is 0 Å². The van der Waals surface area contributed by atoms with Crippen molar-refractivity contribution in [2.24, 2.45) is 0 Å². The van der Waals surface area contributed by atoms with E-state index in [1.807, 2.05) is 0 Å². The molecule has 0 aliphatic carbocycles. The summed E-state index contributed by atoms with van der Waals surface area (Å²) in [6.45, 7) is 0.972. The van der Waals surface area contributed by atoms with Crippen molar-refractivity contribution in [2.45, 2.75) is 6.92 Å². The number of hydrogen-bond acceptors (Lipinski definition) is 4. The first kappa shape index (κ1) is 11.1. The van der Waals surface area contributed by atoms with E-state index in [1.54, 1.807) is 0 Å². The van der Waals surface area contributed by atoms with Crippen molar-refractivity contribution in [3.8, 4) is 0 Å². The van der Waals surface area contributed by atoms with Crippen molar-refractivity contribution < 1.29 is 35.7 Å². The second-order valence-electron chi connectivity index (χ2n) is 0.711. The Morgan fingerprint density at radius 3 is 1.67 bits per heavy atom. The SMILES string of the molecule is CC(=O)[O-].O=[C]=[Rh+]=[C]=O. The fraction of sp³-hybridized carbons (Fsp3) is 0.250. The fourth-order valence-electron chi connectivity index (χ4n) is 0.0139. The quantitative estimate of drug-likeness (QED) is 0.439. The van der Waals surface area contributed by atoms with Crippen molar-refractivity contribution in [3.05, 3.63) is 0 Å². The minimum atomic E-state index is -1.08. The molecular formula is C4H3O4Rh. The number of hydrogen-bond donors (Lipinski definition) is 0. The van der Waals surface area contributed by atoms with Crippen molar-refractivity contribution >= 4 is 14.9 Å². The molecule has 0 saturated carbocycles. The van der Waals surface area contributed by atoms with Crippen molar-refractivity contribution in [2.75, 3.05) is 0 Å². The Balaban J connectivity index is 0. The van der Waals surface area contributed by atoms with Crippen LogP contribution in [0.2, 0.25) is 0 Å². The zero-order valence-electron chi connectivity index (χ0n) is 4.47. The van der Waals surface area contributed by atoms with Gasteiger partial charge in [0.25, 0.3) is 0 Å². The van der Waals surface area contributed by atoms with Crippen LogP contribution in [0.1, 0.15) is 6.92 Å². The van der Waals surface area contributed by atoms with Gasteiger partial charge in [-0.2, -0.15) is 0 Å². The summed E-state index contributed by atoms with van der Waals surface area (Å²) in [5.74, 6) is -1.08. The van der Waals surface area contributed by atoms with Crippen LogP contribution < -0.4 is 5.11 Å². The Bertz CT molecular complexity index is 165. The maximum absolute atomic E-state index is 9.05. The van der Waals surface area contributed by atoms with Gasteiger partial charge < -0.3 is 9.90 Å². The predicted octanol–water partition coefficient (Wildman–Crippen LogP) is -2.04. The predicted molar refractivity (Wildman–Crippen MR) is 22.1 cm³/mol. The van der Waals surface area contributed by atoms with E-state index < -0.39 is 22.2 Å². The Kier molecular flexibility index (Phi) is 12.7. The van der Waals surface area contributed by atoms with Gasteiger partial charge in [0, 0.05) is 5.97 Å². The molecule has 0 saturated heterocycles. The topological polar surface area (TPSA) is 74.3 Å². The Labute approximate surface area is 58.1 Å². The first-order chi connectivity index (χ1) is 4.15. The summed E-state index contributed by atoms with van der Waals surface area (Å²) < 4.78 is 2.83. The third-order valence-electron chi connectivity index (χ3n) is 0.0680. The van der Waals surface area contributed by atoms with E-state index in [4.69, 9.17) is 19.5 Å². The summed E-state index contributed by atoms with van der Waals surface area (Å²) in [5.41, 5.74) is 0. The average molecular weight is 218 g/mol. The minimum absolute atomic E-state index is 0.704. The molecular weight excluding hydrogens is 215 g/mol. The van der Waals surface area contributed by atoms with E-state index >= 15 is 0 Å². The molecule has 0 aromatic carbocycles. The molecule has 0 radical (unpaired) electrons. The van der Waals surface area contributed by atoms with Gasteiger partial charge in [-0.05, 0) is 6.92 Å². The van der Waals surface area contributed by atoms with Crippen molar-refractivity contribution in [1.29, 1.82) is 0 Å². The molecule has 0 aliphatic rings. The Hall–Kier alpha value is -0.747. The fourth-order valence-corrected chi connectivity index (χ4v) is 0.0822. The van der Waals surface area contributed by atoms with E-state index in [0.717, 1.165) is 6.92 Å². The average Bonchev–Trinajstić information content (AvgIpc) is 1.66. The van der Waals surface area contributed by atoms with Gasteiger partial charge in [-0.15, -0.1) is 0 Å². The molecule has 0 aromatic rings. The molecule has 0 heterocycles. The van der Waals surface area contributed by atoms with E-state index in [-0.39, 0.29) is 0 Å². The summed E-state index contributed by atoms with van der Waals surface area (Å²) in [5, 5.41) is 8.89. The number of carboxylic acid groups (broad SMARTS) is 1. The molecule has 9 heavy (non-hydrogen) atoms. The third-order valence-corrected chi connectivity index (χ3v) is 0.403. The van der Waals surface area contributed by atoms with Crippen LogP contribution in [0.25, 0.3) is 0 Å². The number of aliphatic carboxylic acids is 1. The van der Waals surface area contributed by atoms with Crippen LogP contribution in [0.4, 0.5) is 0 Å². The van der Waals surface area contributed by atoms with Gasteiger partial charge in [0.2, 0.25) is 0 Å². The van der Waals surface area contributed by atoms with Crippen molar-refractivity contribution in [1.82, 2.24) is 0 Å². The van der Waals surface area contributed by atoms with Crippen LogP contribution in [0.15, 0.2) is 0 Å². The monoisotopic (exact) mass is 218 g/mol. The van der Waals surface area contributed by atoms with Crippen molar-refractivity contribution in [3.63, 3.8) is 0 Å². The molecule has 0 atom stereocenters. The summed E-state index contributed by atoms with van der Waals surface area (Å²) in [6.07, 6.45) is 0. The van der Waals surface area contributed by atoms with Gasteiger partial charge in [0.15, 0.2) is 0 Å². The summed E-state index contributed by atoms with van der Waals surface area (Å²) in [6, 6.07) is 0. The van der Waals surface area contributed by atoms with Gasteiger partial charge >= 0.3 is 34.8 Å². The molecule has 5 heteroatoms.